The van der Waals surface area contributed by atoms with Gasteiger partial charge in [-0.2, -0.15) is 20.9 Å². The van der Waals surface area contributed by atoms with Crippen molar-refractivity contribution in [3.8, 4) is 18.2 Å². The molecule has 0 spiro atoms. The second kappa shape index (κ2) is 7.81. The maximum atomic E-state index is 9.68. The number of halogens is 2. The van der Waals surface area contributed by atoms with E-state index in [1.54, 1.807) is 25.4 Å². The van der Waals surface area contributed by atoms with Crippen molar-refractivity contribution in [2.45, 2.75) is 5.92 Å². The fourth-order valence-electron chi connectivity index (χ4n) is 2.58. The summed E-state index contributed by atoms with van der Waals surface area (Å²) < 4.78 is 1.51. The number of benzene rings is 1. The van der Waals surface area contributed by atoms with Crippen LogP contribution >= 0.6 is 23.2 Å². The van der Waals surface area contributed by atoms with E-state index >= 15 is 0 Å². The molecule has 1 heterocycles. The number of nitrogens with zero attached hydrogens (tertiary/aromatic N) is 5. The van der Waals surface area contributed by atoms with E-state index in [0.29, 0.717) is 16.1 Å². The van der Waals surface area contributed by atoms with Gasteiger partial charge in [-0.1, -0.05) is 29.3 Å². The highest BCUT2D eigenvalue weighted by Gasteiger charge is 2.36. The smallest absolute Gasteiger partial charge is 0.141 e. The molecule has 2 unspecified atom stereocenters. The lowest BCUT2D eigenvalue weighted by atomic mass is 9.75. The standard InChI is InChI=1S/C17H12Cl2N6/c1-25-9-11(8-24-25)17(23)14(7-22)16(10(5-20)6-21)13-3-2-12(18)4-15(13)19/h2-4,8-10,14,16,23H,1H3. The Hall–Kier alpha value is -2.85. The first-order chi connectivity index (χ1) is 11.9. The van der Waals surface area contributed by atoms with Crippen LogP contribution in [0.3, 0.4) is 0 Å². The molecule has 8 heteroatoms. The van der Waals surface area contributed by atoms with Crippen LogP contribution in [0, 0.1) is 51.2 Å². The van der Waals surface area contributed by atoms with E-state index in [2.05, 4.69) is 5.10 Å². The Labute approximate surface area is 154 Å². The summed E-state index contributed by atoms with van der Waals surface area (Å²) >= 11 is 12.1. The molecule has 2 atom stereocenters. The fourth-order valence-corrected chi connectivity index (χ4v) is 3.11. The summed E-state index contributed by atoms with van der Waals surface area (Å²) in [5, 5.41) is 41.4. The van der Waals surface area contributed by atoms with Gasteiger partial charge in [0.1, 0.15) is 5.92 Å². The van der Waals surface area contributed by atoms with Gasteiger partial charge in [-0.25, -0.2) is 0 Å². The molecule has 0 aliphatic carbocycles. The first-order valence-electron chi connectivity index (χ1n) is 7.14. The molecule has 0 radical (unpaired) electrons. The van der Waals surface area contributed by atoms with Gasteiger partial charge in [0.15, 0.2) is 0 Å². The van der Waals surface area contributed by atoms with Gasteiger partial charge in [-0.15, -0.1) is 0 Å². The highest BCUT2D eigenvalue weighted by Crippen LogP contribution is 2.38. The molecule has 0 amide bonds. The largest absolute Gasteiger partial charge is 0.303 e. The molecule has 0 bridgehead atoms. The lowest BCUT2D eigenvalue weighted by Gasteiger charge is -2.24. The number of nitriles is 3. The van der Waals surface area contributed by atoms with E-state index in [4.69, 9.17) is 28.6 Å². The molecule has 0 fully saturated rings. The molecule has 0 aliphatic heterocycles. The monoisotopic (exact) mass is 370 g/mol. The minimum atomic E-state index is -1.15. The summed E-state index contributed by atoms with van der Waals surface area (Å²) in [6.07, 6.45) is 3.06. The third-order valence-corrected chi connectivity index (χ3v) is 4.35. The van der Waals surface area contributed by atoms with Crippen molar-refractivity contribution in [1.29, 1.82) is 21.2 Å². The van der Waals surface area contributed by atoms with Crippen LogP contribution in [0.15, 0.2) is 30.6 Å². The van der Waals surface area contributed by atoms with Crippen molar-refractivity contribution >= 4 is 28.9 Å². The second-order valence-electron chi connectivity index (χ2n) is 5.35. The Morgan fingerprint density at radius 1 is 1.20 bits per heavy atom. The molecular weight excluding hydrogens is 359 g/mol. The minimum Gasteiger partial charge on any atom is -0.303 e. The molecule has 1 aromatic heterocycles. The van der Waals surface area contributed by atoms with Crippen molar-refractivity contribution in [2.24, 2.45) is 18.9 Å². The zero-order valence-corrected chi connectivity index (χ0v) is 14.6. The summed E-state index contributed by atoms with van der Waals surface area (Å²) in [6, 6.07) is 10.5. The van der Waals surface area contributed by atoms with Crippen LogP contribution in [0.2, 0.25) is 10.0 Å². The Morgan fingerprint density at radius 3 is 2.36 bits per heavy atom. The van der Waals surface area contributed by atoms with E-state index in [1.807, 2.05) is 18.2 Å². The van der Waals surface area contributed by atoms with Crippen LogP contribution in [-0.2, 0) is 7.05 Å². The van der Waals surface area contributed by atoms with E-state index in [0.717, 1.165) is 0 Å². The minimum absolute atomic E-state index is 0.0258. The van der Waals surface area contributed by atoms with Crippen LogP contribution in [-0.4, -0.2) is 15.5 Å². The molecule has 1 aromatic carbocycles. The van der Waals surface area contributed by atoms with Crippen molar-refractivity contribution in [3.63, 3.8) is 0 Å². The number of aryl methyl sites for hydroxylation is 1. The summed E-state index contributed by atoms with van der Waals surface area (Å²) in [6.45, 7) is 0. The van der Waals surface area contributed by atoms with Gasteiger partial charge in [0.05, 0.1) is 36.0 Å². The molecule has 2 aromatic rings. The number of hydrogen-bond acceptors (Lipinski definition) is 5. The number of hydrogen-bond donors (Lipinski definition) is 1. The van der Waals surface area contributed by atoms with Crippen molar-refractivity contribution in [3.05, 3.63) is 51.8 Å². The van der Waals surface area contributed by atoms with Gasteiger partial charge >= 0.3 is 0 Å². The number of nitrogens with one attached hydrogen (secondary N) is 1. The summed E-state index contributed by atoms with van der Waals surface area (Å²) in [7, 11) is 1.69. The molecule has 124 valence electrons. The quantitative estimate of drug-likeness (QED) is 0.808. The maximum absolute atomic E-state index is 9.68. The van der Waals surface area contributed by atoms with Crippen molar-refractivity contribution in [2.75, 3.05) is 0 Å². The Balaban J connectivity index is 2.57. The zero-order chi connectivity index (χ0) is 18.6. The predicted molar refractivity (Wildman–Crippen MR) is 93.1 cm³/mol. The number of rotatable bonds is 5. The van der Waals surface area contributed by atoms with Crippen LogP contribution in [0.1, 0.15) is 17.0 Å². The normalized spacial score (nSPS) is 12.7. The van der Waals surface area contributed by atoms with Crippen molar-refractivity contribution < 1.29 is 0 Å². The fraction of sp³-hybridized carbons (Fsp3) is 0.235. The summed E-state index contributed by atoms with van der Waals surface area (Å²) in [5.41, 5.74) is 0.847. The van der Waals surface area contributed by atoms with Gasteiger partial charge in [-0.3, -0.25) is 4.68 Å². The first-order valence-corrected chi connectivity index (χ1v) is 7.89. The van der Waals surface area contributed by atoms with Crippen LogP contribution < -0.4 is 0 Å². The molecule has 1 N–H and O–H groups in total. The third-order valence-electron chi connectivity index (χ3n) is 3.78. The predicted octanol–water partition coefficient (Wildman–Crippen LogP) is 3.68. The molecular formula is C17H12Cl2N6. The molecule has 6 nitrogen and oxygen atoms in total. The Bertz CT molecular complexity index is 914. The van der Waals surface area contributed by atoms with Gasteiger partial charge < -0.3 is 5.41 Å². The average Bonchev–Trinajstić information content (AvgIpc) is 3.02. The van der Waals surface area contributed by atoms with Crippen LogP contribution in [0.4, 0.5) is 0 Å². The second-order valence-corrected chi connectivity index (χ2v) is 6.19. The van der Waals surface area contributed by atoms with E-state index < -0.39 is 17.8 Å². The van der Waals surface area contributed by atoms with Gasteiger partial charge in [0.25, 0.3) is 0 Å². The molecule has 25 heavy (non-hydrogen) atoms. The molecule has 0 saturated carbocycles. The molecule has 2 rings (SSSR count). The van der Waals surface area contributed by atoms with Crippen LogP contribution in [0.25, 0.3) is 0 Å². The average molecular weight is 371 g/mol. The van der Waals surface area contributed by atoms with E-state index in [1.165, 1.54) is 16.9 Å². The topological polar surface area (TPSA) is 113 Å². The lowest BCUT2D eigenvalue weighted by Crippen LogP contribution is -2.26. The van der Waals surface area contributed by atoms with Gasteiger partial charge in [0.2, 0.25) is 0 Å². The zero-order valence-electron chi connectivity index (χ0n) is 13.1. The first kappa shape index (κ1) is 18.5. The van der Waals surface area contributed by atoms with E-state index in [-0.39, 0.29) is 10.7 Å². The third kappa shape index (κ3) is 3.80. The Kier molecular flexibility index (Phi) is 5.78. The maximum Gasteiger partial charge on any atom is 0.141 e. The summed E-state index contributed by atoms with van der Waals surface area (Å²) in [5.74, 6) is -3.09. The van der Waals surface area contributed by atoms with Crippen LogP contribution in [0.5, 0.6) is 0 Å². The highest BCUT2D eigenvalue weighted by atomic mass is 35.5. The van der Waals surface area contributed by atoms with E-state index in [9.17, 15) is 15.8 Å². The van der Waals surface area contributed by atoms with Gasteiger partial charge in [0, 0.05) is 34.8 Å². The Morgan fingerprint density at radius 2 is 1.88 bits per heavy atom. The molecule has 0 aliphatic rings. The molecule has 0 saturated heterocycles. The lowest BCUT2D eigenvalue weighted by molar-refractivity contribution is 0.560. The van der Waals surface area contributed by atoms with Crippen molar-refractivity contribution in [1.82, 2.24) is 9.78 Å². The highest BCUT2D eigenvalue weighted by molar-refractivity contribution is 6.35. The van der Waals surface area contributed by atoms with Gasteiger partial charge in [-0.05, 0) is 17.7 Å². The SMILES string of the molecule is Cn1cc(C(=N)C(C#N)C(c2ccc(Cl)cc2Cl)C(C#N)C#N)cn1. The number of aromatic nitrogens is 2. The summed E-state index contributed by atoms with van der Waals surface area (Å²) in [4.78, 5) is 0.